The summed E-state index contributed by atoms with van der Waals surface area (Å²) in [6.45, 7) is 3.58. The zero-order valence-corrected chi connectivity index (χ0v) is 7.57. The van der Waals surface area contributed by atoms with E-state index < -0.39 is 0 Å². The van der Waals surface area contributed by atoms with Crippen LogP contribution in [0.25, 0.3) is 0 Å². The average Bonchev–Trinajstić information content (AvgIpc) is 1.85. The SMILES string of the molecule is C=CCc1cc(F)cc(Br)c1. The van der Waals surface area contributed by atoms with Gasteiger partial charge in [0.05, 0.1) is 0 Å². The fraction of sp³-hybridized carbons (Fsp3) is 0.111. The molecule has 0 saturated heterocycles. The summed E-state index contributed by atoms with van der Waals surface area (Å²) in [7, 11) is 0. The molecule has 0 nitrogen and oxygen atoms in total. The minimum absolute atomic E-state index is 0.212. The summed E-state index contributed by atoms with van der Waals surface area (Å²) in [5.41, 5.74) is 0.937. The lowest BCUT2D eigenvalue weighted by atomic mass is 10.1. The summed E-state index contributed by atoms with van der Waals surface area (Å²) in [6.07, 6.45) is 2.46. The molecule has 2 heteroatoms. The molecule has 58 valence electrons. The van der Waals surface area contributed by atoms with E-state index in [4.69, 9.17) is 0 Å². The van der Waals surface area contributed by atoms with Gasteiger partial charge in [0.1, 0.15) is 5.82 Å². The van der Waals surface area contributed by atoms with Crippen LogP contribution in [0.3, 0.4) is 0 Å². The smallest absolute Gasteiger partial charge is 0.124 e. The molecule has 0 aliphatic heterocycles. The van der Waals surface area contributed by atoms with Crippen LogP contribution in [0, 0.1) is 5.82 Å². The van der Waals surface area contributed by atoms with Crippen molar-refractivity contribution in [1.82, 2.24) is 0 Å². The standard InChI is InChI=1S/C9H8BrF/c1-2-3-7-4-8(10)6-9(11)5-7/h2,4-6H,1,3H2. The molecule has 0 spiro atoms. The van der Waals surface area contributed by atoms with E-state index in [2.05, 4.69) is 22.5 Å². The average molecular weight is 215 g/mol. The molecule has 0 amide bonds. The largest absolute Gasteiger partial charge is 0.207 e. The topological polar surface area (TPSA) is 0 Å². The summed E-state index contributed by atoms with van der Waals surface area (Å²) in [5.74, 6) is -0.212. The molecular weight excluding hydrogens is 207 g/mol. The lowest BCUT2D eigenvalue weighted by Gasteiger charge is -1.97. The van der Waals surface area contributed by atoms with Gasteiger partial charge < -0.3 is 0 Å². The molecule has 1 aromatic carbocycles. The summed E-state index contributed by atoms with van der Waals surface area (Å²) >= 11 is 3.21. The number of halogens is 2. The zero-order chi connectivity index (χ0) is 8.27. The van der Waals surface area contributed by atoms with Gasteiger partial charge in [0.2, 0.25) is 0 Å². The number of benzene rings is 1. The van der Waals surface area contributed by atoms with Crippen molar-refractivity contribution in [3.63, 3.8) is 0 Å². The van der Waals surface area contributed by atoms with Gasteiger partial charge in [0.25, 0.3) is 0 Å². The second kappa shape index (κ2) is 3.67. The second-order valence-electron chi connectivity index (χ2n) is 2.27. The molecule has 1 rings (SSSR count). The molecular formula is C9H8BrF. The van der Waals surface area contributed by atoms with Crippen LogP contribution in [0.4, 0.5) is 4.39 Å². The normalized spacial score (nSPS) is 9.64. The first-order chi connectivity index (χ1) is 5.22. The Morgan fingerprint density at radius 3 is 2.73 bits per heavy atom. The van der Waals surface area contributed by atoms with Crippen LogP contribution >= 0.6 is 15.9 Å². The fourth-order valence-electron chi connectivity index (χ4n) is 0.895. The molecule has 0 aliphatic rings. The molecule has 0 unspecified atom stereocenters. The van der Waals surface area contributed by atoms with E-state index in [0.717, 1.165) is 10.0 Å². The summed E-state index contributed by atoms with van der Waals surface area (Å²) in [4.78, 5) is 0. The van der Waals surface area contributed by atoms with Crippen molar-refractivity contribution in [2.45, 2.75) is 6.42 Å². The van der Waals surface area contributed by atoms with Crippen LogP contribution in [0.1, 0.15) is 5.56 Å². The minimum atomic E-state index is -0.212. The zero-order valence-electron chi connectivity index (χ0n) is 5.98. The van der Waals surface area contributed by atoms with Gasteiger partial charge in [-0.15, -0.1) is 6.58 Å². The van der Waals surface area contributed by atoms with Gasteiger partial charge in [-0.1, -0.05) is 22.0 Å². The number of allylic oxidation sites excluding steroid dienone is 1. The highest BCUT2D eigenvalue weighted by Crippen LogP contribution is 2.15. The fourth-order valence-corrected chi connectivity index (χ4v) is 1.41. The highest BCUT2D eigenvalue weighted by Gasteiger charge is 1.95. The van der Waals surface area contributed by atoms with Crippen molar-refractivity contribution in [3.8, 4) is 0 Å². The Bertz CT molecular complexity index is 248. The van der Waals surface area contributed by atoms with Crippen molar-refractivity contribution in [3.05, 3.63) is 46.7 Å². The van der Waals surface area contributed by atoms with E-state index in [9.17, 15) is 4.39 Å². The first-order valence-electron chi connectivity index (χ1n) is 3.28. The van der Waals surface area contributed by atoms with E-state index in [1.807, 2.05) is 6.07 Å². The quantitative estimate of drug-likeness (QED) is 0.664. The third-order valence-electron chi connectivity index (χ3n) is 1.30. The lowest BCUT2D eigenvalue weighted by Crippen LogP contribution is -1.83. The Kier molecular flexibility index (Phi) is 2.83. The van der Waals surface area contributed by atoms with Gasteiger partial charge in [-0.05, 0) is 30.2 Å². The number of hydrogen-bond acceptors (Lipinski definition) is 0. The number of hydrogen-bond donors (Lipinski definition) is 0. The molecule has 0 atom stereocenters. The molecule has 0 N–H and O–H groups in total. The molecule has 0 bridgehead atoms. The third kappa shape index (κ3) is 2.46. The van der Waals surface area contributed by atoms with Gasteiger partial charge in [-0.3, -0.25) is 0 Å². The van der Waals surface area contributed by atoms with Crippen LogP contribution < -0.4 is 0 Å². The van der Waals surface area contributed by atoms with E-state index in [1.54, 1.807) is 6.08 Å². The van der Waals surface area contributed by atoms with Crippen molar-refractivity contribution in [1.29, 1.82) is 0 Å². The summed E-state index contributed by atoms with van der Waals surface area (Å²) in [5, 5.41) is 0. The van der Waals surface area contributed by atoms with Gasteiger partial charge in [0.15, 0.2) is 0 Å². The highest BCUT2D eigenvalue weighted by molar-refractivity contribution is 9.10. The minimum Gasteiger partial charge on any atom is -0.207 e. The van der Waals surface area contributed by atoms with Crippen LogP contribution in [0.2, 0.25) is 0 Å². The Morgan fingerprint density at radius 1 is 1.45 bits per heavy atom. The molecule has 0 aliphatic carbocycles. The van der Waals surface area contributed by atoms with Crippen molar-refractivity contribution in [2.75, 3.05) is 0 Å². The maximum Gasteiger partial charge on any atom is 0.124 e. The van der Waals surface area contributed by atoms with E-state index in [1.165, 1.54) is 12.1 Å². The van der Waals surface area contributed by atoms with Crippen LogP contribution in [-0.2, 0) is 6.42 Å². The Balaban J connectivity index is 2.98. The molecule has 0 fully saturated rings. The predicted molar refractivity (Wildman–Crippen MR) is 48.0 cm³/mol. The second-order valence-corrected chi connectivity index (χ2v) is 3.19. The van der Waals surface area contributed by atoms with Crippen molar-refractivity contribution >= 4 is 15.9 Å². The molecule has 0 aromatic heterocycles. The summed E-state index contributed by atoms with van der Waals surface area (Å²) in [6, 6.07) is 4.82. The monoisotopic (exact) mass is 214 g/mol. The van der Waals surface area contributed by atoms with E-state index in [0.29, 0.717) is 6.42 Å². The first kappa shape index (κ1) is 8.47. The summed E-state index contributed by atoms with van der Waals surface area (Å²) < 4.78 is 13.5. The molecule has 1 aromatic rings. The Labute approximate surface area is 73.9 Å². The highest BCUT2D eigenvalue weighted by atomic mass is 79.9. The van der Waals surface area contributed by atoms with Crippen LogP contribution in [-0.4, -0.2) is 0 Å². The Morgan fingerprint density at radius 2 is 2.18 bits per heavy atom. The number of rotatable bonds is 2. The molecule has 0 heterocycles. The predicted octanol–water partition coefficient (Wildman–Crippen LogP) is 3.32. The lowest BCUT2D eigenvalue weighted by molar-refractivity contribution is 0.625. The third-order valence-corrected chi connectivity index (χ3v) is 1.76. The van der Waals surface area contributed by atoms with Gasteiger partial charge in [-0.2, -0.15) is 0 Å². The van der Waals surface area contributed by atoms with Crippen molar-refractivity contribution in [2.24, 2.45) is 0 Å². The molecule has 0 saturated carbocycles. The van der Waals surface area contributed by atoms with Crippen LogP contribution in [0.5, 0.6) is 0 Å². The van der Waals surface area contributed by atoms with E-state index >= 15 is 0 Å². The van der Waals surface area contributed by atoms with Crippen molar-refractivity contribution < 1.29 is 4.39 Å². The first-order valence-corrected chi connectivity index (χ1v) is 4.07. The van der Waals surface area contributed by atoms with Crippen LogP contribution in [0.15, 0.2) is 35.3 Å². The molecule has 0 radical (unpaired) electrons. The van der Waals surface area contributed by atoms with Gasteiger partial charge in [-0.25, -0.2) is 4.39 Å². The van der Waals surface area contributed by atoms with E-state index in [-0.39, 0.29) is 5.82 Å². The van der Waals surface area contributed by atoms with Gasteiger partial charge >= 0.3 is 0 Å². The Hall–Kier alpha value is -0.630. The maximum atomic E-state index is 12.7. The van der Waals surface area contributed by atoms with Gasteiger partial charge in [0, 0.05) is 4.47 Å². The molecule has 11 heavy (non-hydrogen) atoms. The maximum absolute atomic E-state index is 12.7.